The Morgan fingerprint density at radius 3 is 2.03 bits per heavy atom. The number of amides is 1. The number of nitrogens with one attached hydrogen (secondary N) is 2. The van der Waals surface area contributed by atoms with Crippen LogP contribution in [0.3, 0.4) is 0 Å². The third-order valence-corrected chi connectivity index (χ3v) is 8.16. The summed E-state index contributed by atoms with van der Waals surface area (Å²) in [4.78, 5) is 12.7. The Bertz CT molecular complexity index is 1180. The van der Waals surface area contributed by atoms with Crippen LogP contribution in [0, 0.1) is 6.92 Å². The van der Waals surface area contributed by atoms with Gasteiger partial charge in [0.1, 0.15) is 0 Å². The molecule has 0 bridgehead atoms. The van der Waals surface area contributed by atoms with Crippen molar-refractivity contribution >= 4 is 31.6 Å². The Morgan fingerprint density at radius 2 is 1.50 bits per heavy atom. The lowest BCUT2D eigenvalue weighted by Crippen LogP contribution is -2.40. The van der Waals surface area contributed by atoms with Gasteiger partial charge in [0.2, 0.25) is 26.0 Å². The van der Waals surface area contributed by atoms with E-state index in [2.05, 4.69) is 10.0 Å². The summed E-state index contributed by atoms with van der Waals surface area (Å²) in [5, 5.41) is 2.77. The molecule has 0 aromatic heterocycles. The summed E-state index contributed by atoms with van der Waals surface area (Å²) in [6.45, 7) is 7.09. The summed E-state index contributed by atoms with van der Waals surface area (Å²) in [5.74, 6) is -0.265. The van der Waals surface area contributed by atoms with Crippen molar-refractivity contribution in [3.63, 3.8) is 0 Å². The van der Waals surface area contributed by atoms with Gasteiger partial charge < -0.3 is 5.32 Å². The number of carbonyl (C=O) groups is 1. The monoisotopic (exact) mass is 481 g/mol. The Morgan fingerprint density at radius 1 is 0.938 bits per heavy atom. The van der Waals surface area contributed by atoms with Gasteiger partial charge in [-0.05, 0) is 69.5 Å². The number of hydrogen-bond donors (Lipinski definition) is 2. The van der Waals surface area contributed by atoms with Gasteiger partial charge in [0.25, 0.3) is 0 Å². The Hall–Kier alpha value is -2.27. The van der Waals surface area contributed by atoms with Crippen molar-refractivity contribution in [2.45, 2.75) is 55.9 Å². The summed E-state index contributed by atoms with van der Waals surface area (Å²) < 4.78 is 53.1. The van der Waals surface area contributed by atoms with Gasteiger partial charge in [-0.25, -0.2) is 25.9 Å². The minimum atomic E-state index is -3.62. The highest BCUT2D eigenvalue weighted by atomic mass is 32.2. The van der Waals surface area contributed by atoms with Crippen molar-refractivity contribution in [3.05, 3.63) is 53.6 Å². The van der Waals surface area contributed by atoms with Crippen molar-refractivity contribution in [1.82, 2.24) is 9.03 Å². The molecule has 2 aromatic carbocycles. The van der Waals surface area contributed by atoms with E-state index in [4.69, 9.17) is 0 Å². The van der Waals surface area contributed by atoms with Crippen molar-refractivity contribution < 1.29 is 21.6 Å². The number of rotatable bonds is 8. The molecule has 176 valence electrons. The molecule has 2 aromatic rings. The minimum absolute atomic E-state index is 0.101. The molecule has 0 aliphatic heterocycles. The summed E-state index contributed by atoms with van der Waals surface area (Å²) >= 11 is 0. The smallest absolute Gasteiger partial charge is 0.242 e. The number of aryl methyl sites for hydroxylation is 2. The number of benzene rings is 2. The highest BCUT2D eigenvalue weighted by molar-refractivity contribution is 7.89. The van der Waals surface area contributed by atoms with Gasteiger partial charge >= 0.3 is 0 Å². The van der Waals surface area contributed by atoms with Crippen LogP contribution in [0.2, 0.25) is 0 Å². The number of anilines is 1. The summed E-state index contributed by atoms with van der Waals surface area (Å²) in [6, 6.07) is 11.0. The Kier molecular flexibility index (Phi) is 7.87. The third kappa shape index (κ3) is 6.86. The van der Waals surface area contributed by atoms with Crippen LogP contribution in [-0.2, 0) is 31.3 Å². The second kappa shape index (κ2) is 9.70. The molecule has 0 aliphatic carbocycles. The molecule has 0 aliphatic rings. The van der Waals surface area contributed by atoms with E-state index in [1.807, 2.05) is 0 Å². The first-order valence-corrected chi connectivity index (χ1v) is 13.0. The van der Waals surface area contributed by atoms with Gasteiger partial charge in [0.15, 0.2) is 0 Å². The third-order valence-electron chi connectivity index (χ3n) is 4.58. The standard InChI is InChI=1S/C22H31N3O5S2/c1-16-7-11-19(32(29,30)25(5)6)15-20(16)23-21(26)14-10-17-8-12-18(13-9-17)31(27,28)24-22(2,3)4/h7-9,11-13,15,24H,10,14H2,1-6H3,(H,23,26). The first-order valence-electron chi connectivity index (χ1n) is 10.1. The van der Waals surface area contributed by atoms with Crippen LogP contribution in [0.25, 0.3) is 0 Å². The Labute approximate surface area is 191 Å². The second-order valence-electron chi connectivity index (χ2n) is 8.81. The molecule has 0 atom stereocenters. The zero-order valence-electron chi connectivity index (χ0n) is 19.3. The summed E-state index contributed by atoms with van der Waals surface area (Å²) in [6.07, 6.45) is 0.573. The predicted molar refractivity (Wildman–Crippen MR) is 126 cm³/mol. The van der Waals surface area contributed by atoms with E-state index in [1.54, 1.807) is 45.9 Å². The van der Waals surface area contributed by atoms with Crippen LogP contribution in [-0.4, -0.2) is 46.7 Å². The molecular formula is C22H31N3O5S2. The molecule has 10 heteroatoms. The maximum absolute atomic E-state index is 12.4. The summed E-state index contributed by atoms with van der Waals surface area (Å²) in [5.41, 5.74) is 1.41. The maximum Gasteiger partial charge on any atom is 0.242 e. The van der Waals surface area contributed by atoms with Gasteiger partial charge in [0, 0.05) is 31.7 Å². The summed E-state index contributed by atoms with van der Waals surface area (Å²) in [7, 11) is -4.33. The molecular weight excluding hydrogens is 450 g/mol. The Balaban J connectivity index is 2.05. The molecule has 32 heavy (non-hydrogen) atoms. The quantitative estimate of drug-likeness (QED) is 0.602. The van der Waals surface area contributed by atoms with Gasteiger partial charge in [0.05, 0.1) is 9.79 Å². The van der Waals surface area contributed by atoms with E-state index in [9.17, 15) is 21.6 Å². The fraction of sp³-hybridized carbons (Fsp3) is 0.409. The lowest BCUT2D eigenvalue weighted by molar-refractivity contribution is -0.116. The van der Waals surface area contributed by atoms with E-state index < -0.39 is 25.6 Å². The molecule has 0 unspecified atom stereocenters. The first-order chi connectivity index (χ1) is 14.6. The highest BCUT2D eigenvalue weighted by Gasteiger charge is 2.22. The maximum atomic E-state index is 12.4. The fourth-order valence-electron chi connectivity index (χ4n) is 2.87. The SMILES string of the molecule is Cc1ccc(S(=O)(=O)N(C)C)cc1NC(=O)CCc1ccc(S(=O)(=O)NC(C)(C)C)cc1. The van der Waals surface area contributed by atoms with E-state index in [0.29, 0.717) is 12.1 Å². The zero-order valence-corrected chi connectivity index (χ0v) is 20.9. The number of sulfonamides is 2. The molecule has 8 nitrogen and oxygen atoms in total. The fourth-order valence-corrected chi connectivity index (χ4v) is 5.22. The van der Waals surface area contributed by atoms with Gasteiger partial charge in [-0.2, -0.15) is 0 Å². The molecule has 2 rings (SSSR count). The van der Waals surface area contributed by atoms with Crippen LogP contribution in [0.1, 0.15) is 38.3 Å². The van der Waals surface area contributed by atoms with Crippen LogP contribution in [0.4, 0.5) is 5.69 Å². The molecule has 0 saturated carbocycles. The minimum Gasteiger partial charge on any atom is -0.326 e. The van der Waals surface area contributed by atoms with Crippen molar-refractivity contribution in [3.8, 4) is 0 Å². The average molecular weight is 482 g/mol. The lowest BCUT2D eigenvalue weighted by Gasteiger charge is -2.20. The first kappa shape index (κ1) is 26.0. The van der Waals surface area contributed by atoms with E-state index >= 15 is 0 Å². The number of nitrogens with zero attached hydrogens (tertiary/aromatic N) is 1. The van der Waals surface area contributed by atoms with E-state index in [-0.39, 0.29) is 22.1 Å². The van der Waals surface area contributed by atoms with Crippen LogP contribution < -0.4 is 10.0 Å². The van der Waals surface area contributed by atoms with Crippen LogP contribution in [0.15, 0.2) is 52.3 Å². The van der Waals surface area contributed by atoms with Gasteiger partial charge in [-0.1, -0.05) is 18.2 Å². The van der Waals surface area contributed by atoms with Crippen LogP contribution >= 0.6 is 0 Å². The normalized spacial score (nSPS) is 12.7. The molecule has 2 N–H and O–H groups in total. The van der Waals surface area contributed by atoms with Crippen molar-refractivity contribution in [1.29, 1.82) is 0 Å². The molecule has 0 spiro atoms. The number of carbonyl (C=O) groups excluding carboxylic acids is 1. The lowest BCUT2D eigenvalue weighted by atomic mass is 10.1. The van der Waals surface area contributed by atoms with Crippen molar-refractivity contribution in [2.75, 3.05) is 19.4 Å². The van der Waals surface area contributed by atoms with E-state index in [0.717, 1.165) is 15.4 Å². The molecule has 0 radical (unpaired) electrons. The van der Waals surface area contributed by atoms with Gasteiger partial charge in [-0.3, -0.25) is 4.79 Å². The van der Waals surface area contributed by atoms with Crippen LogP contribution in [0.5, 0.6) is 0 Å². The van der Waals surface area contributed by atoms with Gasteiger partial charge in [-0.15, -0.1) is 0 Å². The highest BCUT2D eigenvalue weighted by Crippen LogP contribution is 2.22. The average Bonchev–Trinajstić information content (AvgIpc) is 2.66. The second-order valence-corrected chi connectivity index (χ2v) is 12.6. The molecule has 0 saturated heterocycles. The van der Waals surface area contributed by atoms with E-state index in [1.165, 1.54) is 38.4 Å². The van der Waals surface area contributed by atoms with Crippen molar-refractivity contribution in [2.24, 2.45) is 0 Å². The molecule has 0 fully saturated rings. The molecule has 1 amide bonds. The molecule has 0 heterocycles. The number of hydrogen-bond acceptors (Lipinski definition) is 5. The zero-order chi connectivity index (χ0) is 24.3. The predicted octanol–water partition coefficient (Wildman–Crippen LogP) is 2.89. The topological polar surface area (TPSA) is 113 Å². The largest absolute Gasteiger partial charge is 0.326 e.